The van der Waals surface area contributed by atoms with E-state index in [0.29, 0.717) is 6.42 Å². The van der Waals surface area contributed by atoms with Gasteiger partial charge in [0.15, 0.2) is 18.9 Å². The van der Waals surface area contributed by atoms with Gasteiger partial charge in [0.05, 0.1) is 50.3 Å². The minimum absolute atomic E-state index is 0.0678. The lowest BCUT2D eigenvalue weighted by Gasteiger charge is -2.48. The standard InChI is InChI=1S/C58H98N10O29/c1-10-20(2)33(51(87)64-36(23(5)73)52(88)62-34(21(3)71)48(59)84)61-50(86)29-14-12-16-68(29)55(91)37(24(6)74)65-54(90)38(66-53(89)35(22(4)72)63-49(85)28-13-11-15-67(28)27(9)76)25(7)93-56-39(60-26(8)75)47(97-58-46(83)44(81)41(78)31(18-70)95-58)42(79)32(96-56)19-92-57-45(82)43(80)40(77)30(17-69)94-57/h20-25,28-47,56-58,69-74,77-83H,10-19H2,1-9H3,(H2,59,84)(H,60,75)(H,61,86)(H,62,88)(H,63,85)(H,64,87)(H,65,90)(H,66,89)/t20-,21+,22+,23+,24+,25+,28-,29-,30+,31+,32+,33-,34-,35-,36-,37-,38-,39+,40-,41-,42-,43-,44-,45+,46+,47+,56-,57+,58-/m0/s1. The number of likely N-dealkylation sites (tertiary alicyclic amines) is 2. The second kappa shape index (κ2) is 36.3. The van der Waals surface area contributed by atoms with Crippen molar-refractivity contribution in [3.05, 3.63) is 0 Å². The highest BCUT2D eigenvalue weighted by Crippen LogP contribution is 2.33. The van der Waals surface area contributed by atoms with Gasteiger partial charge in [-0.25, -0.2) is 0 Å². The number of ether oxygens (including phenoxy) is 6. The topological polar surface area (TPSA) is 606 Å². The minimum atomic E-state index is -2.21. The summed E-state index contributed by atoms with van der Waals surface area (Å²) in [5.41, 5.74) is 5.32. The molecule has 5 fully saturated rings. The molecule has 0 aromatic rings. The summed E-state index contributed by atoms with van der Waals surface area (Å²) in [5.74, 6) is -11.1. The minimum Gasteiger partial charge on any atom is -0.394 e. The molecule has 0 bridgehead atoms. The number of hydrogen-bond acceptors (Lipinski definition) is 29. The van der Waals surface area contributed by atoms with Crippen LogP contribution in [-0.4, -0.2) is 339 Å². The van der Waals surface area contributed by atoms with Crippen LogP contribution >= 0.6 is 0 Å². The first-order valence-electron chi connectivity index (χ1n) is 32.0. The van der Waals surface area contributed by atoms with E-state index >= 15 is 4.79 Å². The van der Waals surface area contributed by atoms with Crippen LogP contribution in [0.4, 0.5) is 0 Å². The van der Waals surface area contributed by atoms with Crippen LogP contribution in [0, 0.1) is 5.92 Å². The Kier molecular flexibility index (Phi) is 30.6. The lowest BCUT2D eigenvalue weighted by atomic mass is 9.95. The van der Waals surface area contributed by atoms with Crippen LogP contribution < -0.4 is 43.0 Å². The number of nitrogens with zero attached hydrogens (tertiary/aromatic N) is 2. The zero-order valence-corrected chi connectivity index (χ0v) is 55.1. The highest BCUT2D eigenvalue weighted by molar-refractivity contribution is 5.99. The van der Waals surface area contributed by atoms with E-state index in [-0.39, 0.29) is 38.8 Å². The molecule has 0 saturated carbocycles. The second-order valence-corrected chi connectivity index (χ2v) is 25.2. The zero-order valence-electron chi connectivity index (χ0n) is 55.1. The van der Waals surface area contributed by atoms with Crippen LogP contribution in [-0.2, 0) is 76.4 Å². The number of nitrogens with two attached hydrogens (primary N) is 1. The van der Waals surface area contributed by atoms with E-state index in [1.807, 2.05) is 0 Å². The molecule has 10 amide bonds. The van der Waals surface area contributed by atoms with Crippen molar-refractivity contribution < 1.29 is 143 Å². The molecule has 554 valence electrons. The summed E-state index contributed by atoms with van der Waals surface area (Å²) in [6.07, 6.45) is -35.1. The Morgan fingerprint density at radius 3 is 1.42 bits per heavy atom. The molecule has 5 rings (SSSR count). The normalized spacial score (nSPS) is 32.8. The number of carbonyl (C=O) groups is 10. The van der Waals surface area contributed by atoms with E-state index in [9.17, 15) is 110 Å². The lowest BCUT2D eigenvalue weighted by Crippen LogP contribution is -2.69. The number of aliphatic hydroxyl groups is 13. The SMILES string of the molecule is CC[C@H](C)[C@H](NC(=O)[C@@H]1CCCN1C(=O)[C@@H](NC(=O)[C@@H](NC(=O)[C@@H](NC(=O)[C@@H]1CCCN1C(C)=O)[C@@H](C)O)[C@@H](C)O[C@H]1O[C@H](CO[C@@H]2O[C@H](CO)[C@H](O)[C@H](O)[C@H]2O)[C@H](O)[C@H](O[C@@H]2O[C@H](CO)[C@H](O)[C@H](O)[C@H]2O)[C@H]1NC(C)=O)[C@@H](C)O)C(=O)N[C@H](C(=O)N[C@H](C(N)=O)[C@@H](C)O)[C@@H](C)O. The number of primary amides is 1. The molecule has 5 aliphatic rings. The van der Waals surface area contributed by atoms with Crippen molar-refractivity contribution in [3.63, 3.8) is 0 Å². The molecule has 5 saturated heterocycles. The molecular formula is C58H98N10O29. The van der Waals surface area contributed by atoms with Gasteiger partial charge in [0.25, 0.3) is 0 Å². The molecule has 0 radical (unpaired) electrons. The largest absolute Gasteiger partial charge is 0.394 e. The monoisotopic (exact) mass is 1400 g/mol. The van der Waals surface area contributed by atoms with Crippen LogP contribution in [0.5, 0.6) is 0 Å². The number of aliphatic hydroxyl groups excluding tert-OH is 13. The highest BCUT2D eigenvalue weighted by atomic mass is 16.7. The van der Waals surface area contributed by atoms with E-state index in [4.69, 9.17) is 34.2 Å². The van der Waals surface area contributed by atoms with Crippen LogP contribution in [0.15, 0.2) is 0 Å². The molecule has 5 aliphatic heterocycles. The number of rotatable bonds is 31. The average Bonchev–Trinajstić information content (AvgIpc) is 1.42. The number of amides is 10. The molecule has 39 heteroatoms. The molecule has 0 aromatic heterocycles. The van der Waals surface area contributed by atoms with E-state index in [1.165, 1.54) is 11.8 Å². The van der Waals surface area contributed by atoms with Gasteiger partial charge in [0.2, 0.25) is 59.1 Å². The van der Waals surface area contributed by atoms with Crippen molar-refractivity contribution >= 4 is 59.1 Å². The molecule has 97 heavy (non-hydrogen) atoms. The maximum Gasteiger partial charge on any atom is 0.248 e. The molecular weight excluding hydrogens is 1300 g/mol. The highest BCUT2D eigenvalue weighted by Gasteiger charge is 2.54. The summed E-state index contributed by atoms with van der Waals surface area (Å²) in [5, 5.41) is 156. The Morgan fingerprint density at radius 1 is 0.515 bits per heavy atom. The Morgan fingerprint density at radius 2 is 0.938 bits per heavy atom. The van der Waals surface area contributed by atoms with Crippen LogP contribution in [0.1, 0.15) is 94.4 Å². The van der Waals surface area contributed by atoms with Crippen molar-refractivity contribution in [2.45, 2.75) is 265 Å². The van der Waals surface area contributed by atoms with Gasteiger partial charge in [-0.15, -0.1) is 0 Å². The second-order valence-electron chi connectivity index (χ2n) is 25.2. The smallest absolute Gasteiger partial charge is 0.248 e. The van der Waals surface area contributed by atoms with Crippen molar-refractivity contribution in [2.24, 2.45) is 11.7 Å². The molecule has 22 N–H and O–H groups in total. The third kappa shape index (κ3) is 20.3. The number of nitrogens with one attached hydrogen (secondary N) is 7. The molecule has 0 aromatic carbocycles. The summed E-state index contributed by atoms with van der Waals surface area (Å²) in [6.45, 7) is 8.12. The van der Waals surface area contributed by atoms with E-state index in [1.54, 1.807) is 13.8 Å². The Balaban J connectivity index is 1.53. The lowest BCUT2D eigenvalue weighted by molar-refractivity contribution is -0.354. The molecule has 29 atom stereocenters. The van der Waals surface area contributed by atoms with Gasteiger partial charge in [-0.3, -0.25) is 47.9 Å². The van der Waals surface area contributed by atoms with Gasteiger partial charge in [-0.2, -0.15) is 0 Å². The first kappa shape index (κ1) is 81.6. The van der Waals surface area contributed by atoms with Gasteiger partial charge in [-0.1, -0.05) is 20.3 Å². The maximum atomic E-state index is 15.2. The molecule has 0 unspecified atom stereocenters. The summed E-state index contributed by atoms with van der Waals surface area (Å²) in [4.78, 5) is 140. The third-order valence-electron chi connectivity index (χ3n) is 17.7. The van der Waals surface area contributed by atoms with Crippen molar-refractivity contribution in [1.29, 1.82) is 0 Å². The van der Waals surface area contributed by atoms with E-state index < -0.39 is 256 Å². The molecule has 0 spiro atoms. The maximum absolute atomic E-state index is 15.2. The average molecular weight is 1400 g/mol. The Bertz CT molecular complexity index is 2700. The Labute approximate surface area is 557 Å². The van der Waals surface area contributed by atoms with Crippen molar-refractivity contribution in [3.8, 4) is 0 Å². The van der Waals surface area contributed by atoms with Crippen LogP contribution in [0.3, 0.4) is 0 Å². The number of hydrogen-bond donors (Lipinski definition) is 21. The summed E-state index contributed by atoms with van der Waals surface area (Å²) >= 11 is 0. The predicted molar refractivity (Wildman–Crippen MR) is 323 cm³/mol. The first-order chi connectivity index (χ1) is 45.4. The summed E-state index contributed by atoms with van der Waals surface area (Å²) in [6, 6.07) is -15.5. The van der Waals surface area contributed by atoms with Gasteiger partial charge in [0.1, 0.15) is 122 Å². The first-order valence-corrected chi connectivity index (χ1v) is 32.0. The fourth-order valence-electron chi connectivity index (χ4n) is 11.8. The Hall–Kier alpha value is -6.06. The fraction of sp³-hybridized carbons (Fsp3) is 0.828. The molecule has 0 aliphatic carbocycles. The van der Waals surface area contributed by atoms with Crippen molar-refractivity contribution in [1.82, 2.24) is 47.0 Å². The van der Waals surface area contributed by atoms with E-state index in [0.717, 1.165) is 46.4 Å². The number of carbonyl (C=O) groups excluding carboxylic acids is 10. The van der Waals surface area contributed by atoms with Crippen LogP contribution in [0.2, 0.25) is 0 Å². The quantitative estimate of drug-likeness (QED) is 0.0306. The van der Waals surface area contributed by atoms with Crippen molar-refractivity contribution in [2.75, 3.05) is 32.9 Å². The van der Waals surface area contributed by atoms with Crippen LogP contribution in [0.25, 0.3) is 0 Å². The van der Waals surface area contributed by atoms with Gasteiger partial charge in [0, 0.05) is 26.9 Å². The van der Waals surface area contributed by atoms with Gasteiger partial charge in [-0.05, 0) is 66.2 Å². The van der Waals surface area contributed by atoms with E-state index in [2.05, 4.69) is 37.2 Å². The van der Waals surface area contributed by atoms with Gasteiger partial charge < -0.3 is 148 Å². The molecule has 5 heterocycles. The zero-order chi connectivity index (χ0) is 72.9. The summed E-state index contributed by atoms with van der Waals surface area (Å²) in [7, 11) is 0. The third-order valence-corrected chi connectivity index (χ3v) is 17.7. The molecule has 39 nitrogen and oxygen atoms in total. The fourth-order valence-corrected chi connectivity index (χ4v) is 11.8. The summed E-state index contributed by atoms with van der Waals surface area (Å²) < 4.78 is 35.3. The predicted octanol–water partition coefficient (Wildman–Crippen LogP) is -12.1. The van der Waals surface area contributed by atoms with Gasteiger partial charge >= 0.3 is 0 Å².